The third kappa shape index (κ3) is 6.46. The molecule has 37 heavy (non-hydrogen) atoms. The van der Waals surface area contributed by atoms with Crippen molar-refractivity contribution in [2.45, 2.75) is 104 Å². The van der Waals surface area contributed by atoms with Crippen LogP contribution in [0.2, 0.25) is 0 Å². The summed E-state index contributed by atoms with van der Waals surface area (Å²) in [7, 11) is -8.80. The van der Waals surface area contributed by atoms with Crippen molar-refractivity contribution >= 4 is 20.8 Å². The van der Waals surface area contributed by atoms with Crippen LogP contribution >= 0.6 is 0 Å². The molecule has 8 nitrogen and oxygen atoms in total. The van der Waals surface area contributed by atoms with E-state index in [2.05, 4.69) is 31.0 Å². The highest BCUT2D eigenvalue weighted by atomic mass is 32.3. The normalized spacial score (nSPS) is 39.7. The van der Waals surface area contributed by atoms with Gasteiger partial charge in [-0.2, -0.15) is 16.8 Å². The third-order valence-corrected chi connectivity index (χ3v) is 11.9. The second-order valence-electron chi connectivity index (χ2n) is 13.1. The molecule has 214 valence electrons. The summed E-state index contributed by atoms with van der Waals surface area (Å²) in [5.41, 5.74) is 1.76. The zero-order valence-corrected chi connectivity index (χ0v) is 24.4. The maximum atomic E-state index is 11.3. The third-order valence-electron chi connectivity index (χ3n) is 10.9. The summed E-state index contributed by atoms with van der Waals surface area (Å²) in [5.74, 6) is 3.39. The van der Waals surface area contributed by atoms with Crippen molar-refractivity contribution in [2.75, 3.05) is 6.61 Å². The van der Waals surface area contributed by atoms with Crippen LogP contribution in [0, 0.1) is 46.3 Å². The molecule has 3 fully saturated rings. The van der Waals surface area contributed by atoms with Crippen LogP contribution in [0.4, 0.5) is 0 Å². The average Bonchev–Trinajstić information content (AvgIpc) is 3.14. The van der Waals surface area contributed by atoms with Crippen LogP contribution in [-0.2, 0) is 29.2 Å². The fourth-order valence-electron chi connectivity index (χ4n) is 9.13. The molecule has 0 aliphatic heterocycles. The van der Waals surface area contributed by atoms with Gasteiger partial charge in [0.2, 0.25) is 0 Å². The lowest BCUT2D eigenvalue weighted by molar-refractivity contribution is -0.0560. The van der Waals surface area contributed by atoms with Gasteiger partial charge in [0.25, 0.3) is 0 Å². The largest absolute Gasteiger partial charge is 0.397 e. The fourth-order valence-corrected chi connectivity index (χ4v) is 10.0. The van der Waals surface area contributed by atoms with Gasteiger partial charge in [0.05, 0.1) is 12.7 Å². The van der Waals surface area contributed by atoms with Crippen molar-refractivity contribution in [1.29, 1.82) is 0 Å². The van der Waals surface area contributed by atoms with Crippen LogP contribution in [0.3, 0.4) is 0 Å². The Morgan fingerprint density at radius 2 is 1.70 bits per heavy atom. The first kappa shape index (κ1) is 29.5. The monoisotopic (exact) mass is 562 g/mol. The lowest BCUT2D eigenvalue weighted by Gasteiger charge is -2.58. The van der Waals surface area contributed by atoms with Gasteiger partial charge in [-0.25, -0.2) is 8.37 Å². The molecule has 0 radical (unpaired) electrons. The van der Waals surface area contributed by atoms with Crippen LogP contribution in [0.1, 0.15) is 98.3 Å². The summed E-state index contributed by atoms with van der Waals surface area (Å²) in [5, 5.41) is 0. The molecule has 0 saturated heterocycles. The number of allylic oxidation sites excluding steroid dienone is 1. The van der Waals surface area contributed by atoms with Crippen molar-refractivity contribution in [1.82, 2.24) is 0 Å². The van der Waals surface area contributed by atoms with E-state index < -0.39 is 26.9 Å². The van der Waals surface area contributed by atoms with Crippen molar-refractivity contribution in [3.8, 4) is 0 Å². The van der Waals surface area contributed by atoms with E-state index in [0.29, 0.717) is 47.8 Å². The molecule has 4 aliphatic rings. The lowest BCUT2D eigenvalue weighted by Crippen LogP contribution is -2.51. The van der Waals surface area contributed by atoms with Gasteiger partial charge in [0.15, 0.2) is 0 Å². The Labute approximate surface area is 223 Å². The number of hydrogen-bond donors (Lipinski definition) is 2. The Hall–Kier alpha value is -0.520. The molecule has 0 spiro atoms. The highest BCUT2D eigenvalue weighted by Crippen LogP contribution is 2.67. The number of hydrogen-bond acceptors (Lipinski definition) is 6. The van der Waals surface area contributed by atoms with Crippen molar-refractivity contribution in [3.05, 3.63) is 11.6 Å². The Morgan fingerprint density at radius 1 is 0.973 bits per heavy atom. The minimum atomic E-state index is -4.43. The Bertz CT molecular complexity index is 1070. The standard InChI is InChI=1S/C27H46O8S2/c1-18(17-34-36(28,29)30)6-5-7-19(2)23-10-11-24-22-9-8-20-16-21(35-37(31,32)33)12-14-26(20,3)25(22)13-15-27(23,24)4/h8,18-19,21-25H,5-7,9-17H2,1-4H3,(H,28,29,30)(H,31,32,33)/t18?,19-,21+,22+,23?,24?,25?,26?,27-/m1/s1. The van der Waals surface area contributed by atoms with E-state index in [1.54, 1.807) is 0 Å². The molecular weight excluding hydrogens is 516 g/mol. The molecule has 3 saturated carbocycles. The molecule has 4 aliphatic carbocycles. The highest BCUT2D eigenvalue weighted by molar-refractivity contribution is 7.81. The highest BCUT2D eigenvalue weighted by Gasteiger charge is 2.59. The summed E-state index contributed by atoms with van der Waals surface area (Å²) in [6.07, 6.45) is 13.1. The van der Waals surface area contributed by atoms with Gasteiger partial charge in [0, 0.05) is 0 Å². The Kier molecular flexibility index (Phi) is 8.60. The molecule has 0 heterocycles. The van der Waals surface area contributed by atoms with Crippen molar-refractivity contribution in [2.24, 2.45) is 46.3 Å². The molecule has 4 rings (SSSR count). The maximum Gasteiger partial charge on any atom is 0.397 e. The molecule has 9 atom stereocenters. The van der Waals surface area contributed by atoms with Gasteiger partial charge >= 0.3 is 20.8 Å². The first-order valence-electron chi connectivity index (χ1n) is 14.1. The summed E-state index contributed by atoms with van der Waals surface area (Å²) < 4.78 is 71.6. The summed E-state index contributed by atoms with van der Waals surface area (Å²) in [6.45, 7) is 9.28. The predicted molar refractivity (Wildman–Crippen MR) is 141 cm³/mol. The second kappa shape index (κ2) is 10.8. The SMILES string of the molecule is CC(CCC[C@@H](C)C1CCC2[C@@H]3CC=C4C[C@@H](OS(=O)(=O)O)CCC4(C)C3CC[C@@]21C)COS(=O)(=O)O. The molecule has 5 unspecified atom stereocenters. The molecule has 0 amide bonds. The number of rotatable bonds is 10. The van der Waals surface area contributed by atoms with E-state index in [-0.39, 0.29) is 17.9 Å². The summed E-state index contributed by atoms with van der Waals surface area (Å²) in [6, 6.07) is 0. The minimum absolute atomic E-state index is 0.0243. The van der Waals surface area contributed by atoms with Crippen LogP contribution in [-0.4, -0.2) is 38.7 Å². The van der Waals surface area contributed by atoms with Crippen molar-refractivity contribution < 1.29 is 34.3 Å². The number of fused-ring (bicyclic) bond motifs is 5. The van der Waals surface area contributed by atoms with Crippen LogP contribution < -0.4 is 0 Å². The minimum Gasteiger partial charge on any atom is -0.264 e. The first-order valence-corrected chi connectivity index (χ1v) is 16.8. The lowest BCUT2D eigenvalue weighted by atomic mass is 9.47. The first-order chi connectivity index (χ1) is 17.1. The average molecular weight is 563 g/mol. The van der Waals surface area contributed by atoms with Crippen molar-refractivity contribution in [3.63, 3.8) is 0 Å². The van der Waals surface area contributed by atoms with E-state index in [1.165, 1.54) is 31.3 Å². The summed E-state index contributed by atoms with van der Waals surface area (Å²) in [4.78, 5) is 0. The topological polar surface area (TPSA) is 127 Å². The van der Waals surface area contributed by atoms with Gasteiger partial charge < -0.3 is 0 Å². The van der Waals surface area contributed by atoms with Gasteiger partial charge in [-0.1, -0.05) is 52.2 Å². The molecular formula is C27H46O8S2. The molecule has 0 aromatic heterocycles. The molecule has 2 N–H and O–H groups in total. The van der Waals surface area contributed by atoms with E-state index >= 15 is 0 Å². The maximum absolute atomic E-state index is 11.3. The predicted octanol–water partition coefficient (Wildman–Crippen LogP) is 6.02. The molecule has 0 aromatic carbocycles. The van der Waals surface area contributed by atoms with Crippen LogP contribution in [0.5, 0.6) is 0 Å². The van der Waals surface area contributed by atoms with E-state index in [0.717, 1.165) is 32.1 Å². The Balaban J connectivity index is 1.37. The van der Waals surface area contributed by atoms with Gasteiger partial charge in [-0.15, -0.1) is 0 Å². The fraction of sp³-hybridized carbons (Fsp3) is 0.926. The van der Waals surface area contributed by atoms with Crippen LogP contribution in [0.25, 0.3) is 0 Å². The van der Waals surface area contributed by atoms with E-state index in [4.69, 9.17) is 13.3 Å². The summed E-state index contributed by atoms with van der Waals surface area (Å²) >= 11 is 0. The quantitative estimate of drug-likeness (QED) is 0.245. The van der Waals surface area contributed by atoms with Gasteiger partial charge in [-0.05, 0) is 104 Å². The van der Waals surface area contributed by atoms with E-state index in [1.807, 2.05) is 6.92 Å². The zero-order valence-electron chi connectivity index (χ0n) is 22.8. The van der Waals surface area contributed by atoms with Crippen LogP contribution in [0.15, 0.2) is 11.6 Å². The molecule has 10 heteroatoms. The zero-order chi connectivity index (χ0) is 27.2. The smallest absolute Gasteiger partial charge is 0.264 e. The molecule has 0 bridgehead atoms. The Morgan fingerprint density at radius 3 is 2.38 bits per heavy atom. The second-order valence-corrected chi connectivity index (χ2v) is 15.2. The molecule has 0 aromatic rings. The van der Waals surface area contributed by atoms with Gasteiger partial charge in [0.1, 0.15) is 0 Å². The van der Waals surface area contributed by atoms with Gasteiger partial charge in [-0.3, -0.25) is 9.11 Å². The van der Waals surface area contributed by atoms with E-state index in [9.17, 15) is 16.8 Å².